The van der Waals surface area contributed by atoms with Crippen molar-refractivity contribution < 1.29 is 56.6 Å². The van der Waals surface area contributed by atoms with Crippen molar-refractivity contribution in [3.63, 3.8) is 0 Å². The highest BCUT2D eigenvalue weighted by Gasteiger charge is 2.39. The van der Waals surface area contributed by atoms with Crippen molar-refractivity contribution in [2.45, 2.75) is 74.8 Å². The fraction of sp³-hybridized carbons (Fsp3) is 0.826. The normalized spacial score (nSPS) is 13.5. The van der Waals surface area contributed by atoms with Gasteiger partial charge >= 0.3 is 25.7 Å². The largest absolute Gasteiger partial charge is 0.480 e. The summed E-state index contributed by atoms with van der Waals surface area (Å²) in [6, 6.07) is 0. The molecular weight excluding hydrogens is 513 g/mol. The summed E-state index contributed by atoms with van der Waals surface area (Å²) >= 11 is 0. The molecule has 0 radical (unpaired) electrons. The number of esters is 3. The second-order valence-electron chi connectivity index (χ2n) is 10.8. The minimum atomic E-state index is -4.50. The third-order valence-corrected chi connectivity index (χ3v) is 5.83. The molecule has 0 aliphatic carbocycles. The Bertz CT molecular complexity index is 793. The molecule has 0 aromatic rings. The number of ether oxygens (including phenoxy) is 3. The number of phosphoric ester groups is 1. The van der Waals surface area contributed by atoms with E-state index in [-0.39, 0.29) is 19.6 Å². The quantitative estimate of drug-likeness (QED) is 0.131. The van der Waals surface area contributed by atoms with Crippen LogP contribution in [0.4, 0.5) is 0 Å². The van der Waals surface area contributed by atoms with E-state index in [0.29, 0.717) is 0 Å². The van der Waals surface area contributed by atoms with E-state index in [1.807, 2.05) is 0 Å². The summed E-state index contributed by atoms with van der Waals surface area (Å²) in [5.74, 6) is -2.59. The second kappa shape index (κ2) is 14.8. The van der Waals surface area contributed by atoms with Gasteiger partial charge in [0.15, 0.2) is 0 Å². The molecule has 0 aliphatic heterocycles. The minimum Gasteiger partial charge on any atom is -0.466 e. The maximum atomic E-state index is 13.1. The molecule has 0 unspecified atom stereocenters. The molecule has 0 spiro atoms. The Balaban J connectivity index is 5.20. The molecule has 216 valence electrons. The summed E-state index contributed by atoms with van der Waals surface area (Å²) in [5, 5.41) is 12.9. The molecule has 0 heterocycles. The van der Waals surface area contributed by atoms with E-state index in [1.165, 1.54) is 13.8 Å². The van der Waals surface area contributed by atoms with E-state index in [2.05, 4.69) is 5.32 Å². The number of aliphatic hydroxyl groups excluding tert-OH is 1. The fourth-order valence-electron chi connectivity index (χ4n) is 2.13. The van der Waals surface area contributed by atoms with Gasteiger partial charge in [-0.25, -0.2) is 13.6 Å². The van der Waals surface area contributed by atoms with Gasteiger partial charge in [0, 0.05) is 12.0 Å². The number of aliphatic hydroxyl groups is 1. The predicted octanol–water partition coefficient (Wildman–Crippen LogP) is 2.69. The van der Waals surface area contributed by atoms with Crippen molar-refractivity contribution in [2.75, 3.05) is 33.3 Å². The smallest absolute Gasteiger partial charge is 0.466 e. The van der Waals surface area contributed by atoms with Crippen LogP contribution in [0.5, 0.6) is 0 Å². The number of nitrogens with one attached hydrogen (secondary N) is 1. The minimum absolute atomic E-state index is 0.0608. The topological polar surface area (TPSA) is 173 Å². The Kier molecular flexibility index (Phi) is 14.0. The maximum Gasteiger partial charge on any atom is 0.480 e. The number of phosphoric acid groups is 1. The summed E-state index contributed by atoms with van der Waals surface area (Å²) in [6.07, 6.45) is -1.72. The summed E-state index contributed by atoms with van der Waals surface area (Å²) in [7, 11) is -4.50. The van der Waals surface area contributed by atoms with Gasteiger partial charge in [0.2, 0.25) is 19.5 Å². The number of hydrogen-bond donors (Lipinski definition) is 2. The fourth-order valence-corrected chi connectivity index (χ4v) is 3.21. The van der Waals surface area contributed by atoms with Gasteiger partial charge in [0.05, 0.1) is 30.5 Å². The molecule has 13 nitrogen and oxygen atoms in total. The predicted molar refractivity (Wildman–Crippen MR) is 131 cm³/mol. The molecule has 1 amide bonds. The Morgan fingerprint density at radius 2 is 1.27 bits per heavy atom. The van der Waals surface area contributed by atoms with E-state index in [9.17, 15) is 28.8 Å². The second-order valence-corrected chi connectivity index (χ2v) is 12.5. The van der Waals surface area contributed by atoms with Gasteiger partial charge in [-0.15, -0.1) is 0 Å². The van der Waals surface area contributed by atoms with Crippen LogP contribution in [0.15, 0.2) is 0 Å². The van der Waals surface area contributed by atoms with Crippen molar-refractivity contribution in [1.29, 1.82) is 0 Å². The van der Waals surface area contributed by atoms with Crippen LogP contribution in [0.2, 0.25) is 0 Å². The molecule has 0 bridgehead atoms. The Morgan fingerprint density at radius 3 is 1.68 bits per heavy atom. The number of rotatable bonds is 15. The lowest BCUT2D eigenvalue weighted by Gasteiger charge is -2.30. The first-order chi connectivity index (χ1) is 16.7. The number of hydrogen-bond acceptors (Lipinski definition) is 12. The first kappa shape index (κ1) is 35.0. The van der Waals surface area contributed by atoms with Crippen molar-refractivity contribution in [2.24, 2.45) is 16.2 Å². The van der Waals surface area contributed by atoms with Crippen molar-refractivity contribution in [3.05, 3.63) is 0 Å². The molecular formula is C23H42NO12P. The van der Waals surface area contributed by atoms with Crippen LogP contribution in [-0.4, -0.2) is 68.4 Å². The first-order valence-corrected chi connectivity index (χ1v) is 13.2. The maximum absolute atomic E-state index is 13.1. The van der Waals surface area contributed by atoms with Gasteiger partial charge in [-0.3, -0.25) is 23.7 Å². The number of carbonyl (C=O) groups is 4. The van der Waals surface area contributed by atoms with Crippen LogP contribution in [0, 0.1) is 16.2 Å². The average Bonchev–Trinajstić information content (AvgIpc) is 2.76. The molecule has 0 aromatic heterocycles. The van der Waals surface area contributed by atoms with Crippen LogP contribution in [0.3, 0.4) is 0 Å². The molecule has 0 saturated carbocycles. The SMILES string of the molecule is CCOC(=O)CCNC(=O)[C@H](O)C(C)(C)COP(=O)(OCOC(=O)C(C)(C)C)OCOC(=O)C(C)(C)C. The zero-order valence-corrected chi connectivity index (χ0v) is 24.1. The summed E-state index contributed by atoms with van der Waals surface area (Å²) in [5.41, 5.74) is -3.03. The molecule has 0 saturated heterocycles. The zero-order chi connectivity index (χ0) is 29.1. The Hall–Kier alpha value is -2.05. The molecule has 37 heavy (non-hydrogen) atoms. The number of carbonyl (C=O) groups excluding carboxylic acids is 4. The van der Waals surface area contributed by atoms with Crippen molar-refractivity contribution in [1.82, 2.24) is 5.32 Å². The average molecular weight is 556 g/mol. The molecule has 14 heteroatoms. The van der Waals surface area contributed by atoms with Crippen molar-refractivity contribution >= 4 is 31.6 Å². The van der Waals surface area contributed by atoms with E-state index in [0.717, 1.165) is 0 Å². The molecule has 2 N–H and O–H groups in total. The van der Waals surface area contributed by atoms with Gasteiger partial charge in [0.25, 0.3) is 0 Å². The van der Waals surface area contributed by atoms with Gasteiger partial charge in [-0.05, 0) is 48.5 Å². The van der Waals surface area contributed by atoms with Crippen LogP contribution < -0.4 is 5.32 Å². The Morgan fingerprint density at radius 1 is 0.811 bits per heavy atom. The van der Waals surface area contributed by atoms with E-state index < -0.39 is 74.2 Å². The lowest BCUT2D eigenvalue weighted by Crippen LogP contribution is -2.46. The summed E-state index contributed by atoms with van der Waals surface area (Å²) < 4.78 is 43.2. The molecule has 0 fully saturated rings. The molecule has 0 rings (SSSR count). The molecule has 1 atom stereocenters. The van der Waals surface area contributed by atoms with Gasteiger partial charge in [-0.2, -0.15) is 0 Å². The highest BCUT2D eigenvalue weighted by Crippen LogP contribution is 2.51. The monoisotopic (exact) mass is 555 g/mol. The van der Waals surface area contributed by atoms with Crippen molar-refractivity contribution in [3.8, 4) is 0 Å². The van der Waals surface area contributed by atoms with Crippen LogP contribution >= 0.6 is 7.82 Å². The lowest BCUT2D eigenvalue weighted by atomic mass is 9.87. The highest BCUT2D eigenvalue weighted by molar-refractivity contribution is 7.48. The standard InChI is InChI=1S/C23H42NO12P/c1-10-31-16(25)11-12-24-18(27)17(26)23(8,9)13-34-37(30,35-14-32-19(28)21(2,3)4)36-15-33-20(29)22(5,6)7/h17,26H,10-15H2,1-9H3,(H,24,27)/t17-/m0/s1. The van der Waals surface area contributed by atoms with Gasteiger partial charge in [-0.1, -0.05) is 13.8 Å². The summed E-state index contributed by atoms with van der Waals surface area (Å²) in [4.78, 5) is 47.6. The van der Waals surface area contributed by atoms with E-state index in [4.69, 9.17) is 27.8 Å². The Labute approximate surface area is 218 Å². The van der Waals surface area contributed by atoms with E-state index >= 15 is 0 Å². The van der Waals surface area contributed by atoms with Gasteiger partial charge in [0.1, 0.15) is 6.10 Å². The molecule has 0 aromatic carbocycles. The van der Waals surface area contributed by atoms with Gasteiger partial charge < -0.3 is 24.6 Å². The zero-order valence-electron chi connectivity index (χ0n) is 23.2. The van der Waals surface area contributed by atoms with E-state index in [1.54, 1.807) is 48.5 Å². The number of amides is 1. The third kappa shape index (κ3) is 13.9. The summed E-state index contributed by atoms with van der Waals surface area (Å²) in [6.45, 7) is 12.2. The van der Waals surface area contributed by atoms with Crippen LogP contribution in [0.1, 0.15) is 68.7 Å². The molecule has 0 aliphatic rings. The highest BCUT2D eigenvalue weighted by atomic mass is 31.2. The lowest BCUT2D eigenvalue weighted by molar-refractivity contribution is -0.164. The third-order valence-electron chi connectivity index (χ3n) is 4.54. The van der Waals surface area contributed by atoms with Crippen LogP contribution in [-0.2, 0) is 51.5 Å². The van der Waals surface area contributed by atoms with Crippen LogP contribution in [0.25, 0.3) is 0 Å². The first-order valence-electron chi connectivity index (χ1n) is 11.7.